The molecule has 1 aliphatic carbocycles. The molecule has 1 aromatic rings. The molecule has 1 N–H and O–H groups in total. The van der Waals surface area contributed by atoms with Crippen LogP contribution < -0.4 is 0 Å². The van der Waals surface area contributed by atoms with E-state index in [2.05, 4.69) is 6.92 Å². The standard InChI is InChI=1S/C15H17F3O2S/c1-9-3-2-4-11(7-9)21-13-6-5-10(15(16,17)18)8-12(13)14(19)20/h5-6,8-9,11H,2-4,7H2,1H3,(H,19,20). The molecule has 1 fully saturated rings. The molecule has 0 radical (unpaired) electrons. The van der Waals surface area contributed by atoms with Crippen molar-refractivity contribution in [2.24, 2.45) is 5.92 Å². The summed E-state index contributed by atoms with van der Waals surface area (Å²) in [4.78, 5) is 11.7. The lowest BCUT2D eigenvalue weighted by Crippen LogP contribution is -2.16. The second-order valence-electron chi connectivity index (χ2n) is 5.53. The van der Waals surface area contributed by atoms with Gasteiger partial charge in [0.15, 0.2) is 0 Å². The molecule has 21 heavy (non-hydrogen) atoms. The molecule has 2 nitrogen and oxygen atoms in total. The predicted molar refractivity (Wildman–Crippen MR) is 75.7 cm³/mol. The highest BCUT2D eigenvalue weighted by molar-refractivity contribution is 8.00. The van der Waals surface area contributed by atoms with Crippen molar-refractivity contribution in [2.45, 2.75) is 48.9 Å². The Morgan fingerprint density at radius 3 is 2.62 bits per heavy atom. The van der Waals surface area contributed by atoms with Gasteiger partial charge in [-0.2, -0.15) is 13.2 Å². The minimum atomic E-state index is -4.52. The summed E-state index contributed by atoms with van der Waals surface area (Å²) in [5, 5.41) is 9.44. The Balaban J connectivity index is 2.24. The van der Waals surface area contributed by atoms with Crippen LogP contribution in [-0.2, 0) is 6.18 Å². The summed E-state index contributed by atoms with van der Waals surface area (Å²) in [6.45, 7) is 2.15. The average Bonchev–Trinajstić information content (AvgIpc) is 2.37. The Morgan fingerprint density at radius 2 is 2.05 bits per heavy atom. The molecule has 1 saturated carbocycles. The Hall–Kier alpha value is -1.17. The molecule has 1 aromatic carbocycles. The highest BCUT2D eigenvalue weighted by Gasteiger charge is 2.32. The van der Waals surface area contributed by atoms with E-state index in [1.807, 2.05) is 0 Å². The van der Waals surface area contributed by atoms with Gasteiger partial charge in [0.2, 0.25) is 0 Å². The van der Waals surface area contributed by atoms with Crippen LogP contribution in [0.3, 0.4) is 0 Å². The fraction of sp³-hybridized carbons (Fsp3) is 0.533. The molecule has 0 saturated heterocycles. The first kappa shape index (κ1) is 16.2. The molecule has 0 aliphatic heterocycles. The average molecular weight is 318 g/mol. The van der Waals surface area contributed by atoms with E-state index >= 15 is 0 Å². The van der Waals surface area contributed by atoms with Crippen LogP contribution in [0, 0.1) is 5.92 Å². The first-order valence-electron chi connectivity index (χ1n) is 6.88. The van der Waals surface area contributed by atoms with E-state index in [1.165, 1.54) is 17.8 Å². The molecule has 1 aliphatic rings. The molecule has 6 heteroatoms. The smallest absolute Gasteiger partial charge is 0.416 e. The van der Waals surface area contributed by atoms with Gasteiger partial charge in [0.25, 0.3) is 0 Å². The summed E-state index contributed by atoms with van der Waals surface area (Å²) in [5.74, 6) is -0.730. The number of alkyl halides is 3. The van der Waals surface area contributed by atoms with E-state index in [0.29, 0.717) is 10.8 Å². The maximum Gasteiger partial charge on any atom is 0.416 e. The third-order valence-corrected chi connectivity index (χ3v) is 5.09. The van der Waals surface area contributed by atoms with Crippen LogP contribution >= 0.6 is 11.8 Å². The van der Waals surface area contributed by atoms with Crippen molar-refractivity contribution in [3.8, 4) is 0 Å². The molecule has 2 rings (SSSR count). The van der Waals surface area contributed by atoms with Crippen LogP contribution in [-0.4, -0.2) is 16.3 Å². The van der Waals surface area contributed by atoms with E-state index in [0.717, 1.165) is 37.8 Å². The van der Waals surface area contributed by atoms with Gasteiger partial charge in [-0.1, -0.05) is 19.8 Å². The lowest BCUT2D eigenvalue weighted by Gasteiger charge is -2.26. The van der Waals surface area contributed by atoms with Crippen molar-refractivity contribution in [2.75, 3.05) is 0 Å². The number of rotatable bonds is 3. The van der Waals surface area contributed by atoms with E-state index in [9.17, 15) is 18.0 Å². The summed E-state index contributed by atoms with van der Waals surface area (Å²) in [7, 11) is 0. The first-order valence-corrected chi connectivity index (χ1v) is 7.76. The quantitative estimate of drug-likeness (QED) is 0.845. The number of thioether (sulfide) groups is 1. The van der Waals surface area contributed by atoms with E-state index < -0.39 is 17.7 Å². The van der Waals surface area contributed by atoms with Crippen molar-refractivity contribution >= 4 is 17.7 Å². The summed E-state index contributed by atoms with van der Waals surface area (Å²) in [5.41, 5.74) is -1.17. The third-order valence-electron chi connectivity index (χ3n) is 3.72. The first-order chi connectivity index (χ1) is 9.77. The summed E-state index contributed by atoms with van der Waals surface area (Å²) in [6, 6.07) is 2.98. The minimum absolute atomic E-state index is 0.256. The fourth-order valence-electron chi connectivity index (χ4n) is 2.64. The van der Waals surface area contributed by atoms with E-state index in [1.54, 1.807) is 0 Å². The van der Waals surface area contributed by atoms with Crippen LogP contribution in [0.1, 0.15) is 48.5 Å². The van der Waals surface area contributed by atoms with Gasteiger partial charge in [-0.3, -0.25) is 0 Å². The second kappa shape index (κ2) is 6.30. The number of hydrogen-bond donors (Lipinski definition) is 1. The maximum absolute atomic E-state index is 12.7. The number of halogens is 3. The van der Waals surface area contributed by atoms with Crippen LogP contribution in [0.15, 0.2) is 23.1 Å². The SMILES string of the molecule is CC1CCCC(Sc2ccc(C(F)(F)F)cc2C(=O)O)C1. The zero-order chi connectivity index (χ0) is 15.6. The highest BCUT2D eigenvalue weighted by Crippen LogP contribution is 2.39. The van der Waals surface area contributed by atoms with Gasteiger partial charge >= 0.3 is 12.1 Å². The van der Waals surface area contributed by atoms with Crippen molar-refractivity contribution in [1.29, 1.82) is 0 Å². The second-order valence-corrected chi connectivity index (χ2v) is 6.87. The number of aromatic carboxylic acids is 1. The molecule has 0 bridgehead atoms. The van der Waals surface area contributed by atoms with Crippen molar-refractivity contribution in [1.82, 2.24) is 0 Å². The molecule has 0 heterocycles. The lowest BCUT2D eigenvalue weighted by atomic mass is 9.91. The fourth-order valence-corrected chi connectivity index (χ4v) is 4.13. The Bertz CT molecular complexity index is 528. The zero-order valence-electron chi connectivity index (χ0n) is 11.6. The molecule has 116 valence electrons. The molecular formula is C15H17F3O2S. The molecular weight excluding hydrogens is 301 g/mol. The largest absolute Gasteiger partial charge is 0.478 e. The molecule has 2 atom stereocenters. The van der Waals surface area contributed by atoms with Crippen LogP contribution in [0.2, 0.25) is 0 Å². The van der Waals surface area contributed by atoms with Gasteiger partial charge in [-0.05, 0) is 37.0 Å². The normalized spacial score (nSPS) is 23.0. The van der Waals surface area contributed by atoms with E-state index in [4.69, 9.17) is 5.11 Å². The summed E-state index contributed by atoms with van der Waals surface area (Å²) < 4.78 is 38.0. The summed E-state index contributed by atoms with van der Waals surface area (Å²) >= 11 is 1.39. The van der Waals surface area contributed by atoms with Gasteiger partial charge in [-0.25, -0.2) is 4.79 Å². The van der Waals surface area contributed by atoms with Gasteiger partial charge in [0.1, 0.15) is 0 Å². The number of carboxylic acid groups (broad SMARTS) is 1. The molecule has 0 aromatic heterocycles. The minimum Gasteiger partial charge on any atom is -0.478 e. The number of carbonyl (C=O) groups is 1. The summed E-state index contributed by atoms with van der Waals surface area (Å²) in [6.07, 6.45) is -0.315. The Labute approximate surface area is 125 Å². The van der Waals surface area contributed by atoms with Crippen LogP contribution in [0.5, 0.6) is 0 Å². The van der Waals surface area contributed by atoms with Gasteiger partial charge in [-0.15, -0.1) is 11.8 Å². The number of hydrogen-bond acceptors (Lipinski definition) is 2. The van der Waals surface area contributed by atoms with Gasteiger partial charge in [0.05, 0.1) is 11.1 Å². The number of benzene rings is 1. The predicted octanol–water partition coefficient (Wildman–Crippen LogP) is 5.07. The van der Waals surface area contributed by atoms with Crippen molar-refractivity contribution in [3.63, 3.8) is 0 Å². The Morgan fingerprint density at radius 1 is 1.33 bits per heavy atom. The van der Waals surface area contributed by atoms with Gasteiger partial charge < -0.3 is 5.11 Å². The van der Waals surface area contributed by atoms with Crippen LogP contribution in [0.4, 0.5) is 13.2 Å². The molecule has 0 amide bonds. The van der Waals surface area contributed by atoms with Crippen molar-refractivity contribution < 1.29 is 23.1 Å². The highest BCUT2D eigenvalue weighted by atomic mass is 32.2. The topological polar surface area (TPSA) is 37.3 Å². The third kappa shape index (κ3) is 4.15. The van der Waals surface area contributed by atoms with E-state index in [-0.39, 0.29) is 10.8 Å². The van der Waals surface area contributed by atoms with Crippen molar-refractivity contribution in [3.05, 3.63) is 29.3 Å². The van der Waals surface area contributed by atoms with Gasteiger partial charge in [0, 0.05) is 10.1 Å². The Kier molecular flexibility index (Phi) is 4.86. The molecule has 0 spiro atoms. The molecule has 2 unspecified atom stereocenters. The number of carboxylic acids is 1. The lowest BCUT2D eigenvalue weighted by molar-refractivity contribution is -0.137. The zero-order valence-corrected chi connectivity index (χ0v) is 12.4. The monoisotopic (exact) mass is 318 g/mol. The van der Waals surface area contributed by atoms with Crippen LogP contribution in [0.25, 0.3) is 0 Å². The maximum atomic E-state index is 12.7.